The standard InChI is InChI=1S/C25H24F3NO4S/c1-2-3-20(21-12-13-22(34-21)24(32)29-15-14-23(30)31)33-19-10-6-17(7-11-19)16-4-8-18(9-5-16)25(26,27)28/h4-13,20H,2-3,14-15H2,1H3,(H,29,32)(H,30,31). The molecule has 9 heteroatoms. The Kier molecular flexibility index (Phi) is 8.33. The molecule has 0 saturated carbocycles. The molecule has 0 aliphatic rings. The predicted octanol–water partition coefficient (Wildman–Crippen LogP) is 6.56. The number of carboxylic acid groups (broad SMARTS) is 1. The van der Waals surface area contributed by atoms with Crippen LogP contribution >= 0.6 is 11.3 Å². The minimum Gasteiger partial charge on any atom is -0.485 e. The van der Waals surface area contributed by atoms with E-state index in [-0.39, 0.29) is 25.0 Å². The fraction of sp³-hybridized carbons (Fsp3) is 0.280. The molecule has 2 aromatic carbocycles. The molecule has 1 unspecified atom stereocenters. The second-order valence-corrected chi connectivity index (χ2v) is 8.71. The Morgan fingerprint density at radius 3 is 2.18 bits per heavy atom. The topological polar surface area (TPSA) is 75.6 Å². The first kappa shape index (κ1) is 25.3. The summed E-state index contributed by atoms with van der Waals surface area (Å²) >= 11 is 1.29. The van der Waals surface area contributed by atoms with Crippen molar-refractivity contribution in [3.63, 3.8) is 0 Å². The highest BCUT2D eigenvalue weighted by Gasteiger charge is 2.30. The average molecular weight is 492 g/mol. The maximum absolute atomic E-state index is 12.8. The van der Waals surface area contributed by atoms with Gasteiger partial charge >= 0.3 is 12.1 Å². The van der Waals surface area contributed by atoms with Crippen molar-refractivity contribution in [1.82, 2.24) is 5.32 Å². The van der Waals surface area contributed by atoms with Crippen LogP contribution in [0.5, 0.6) is 5.75 Å². The first-order chi connectivity index (χ1) is 16.2. The van der Waals surface area contributed by atoms with Crippen LogP contribution < -0.4 is 10.1 Å². The molecule has 34 heavy (non-hydrogen) atoms. The zero-order valence-corrected chi connectivity index (χ0v) is 19.2. The zero-order valence-electron chi connectivity index (χ0n) is 18.4. The molecule has 5 nitrogen and oxygen atoms in total. The molecule has 0 spiro atoms. The minimum absolute atomic E-state index is 0.0571. The van der Waals surface area contributed by atoms with Gasteiger partial charge in [0.15, 0.2) is 0 Å². The Hall–Kier alpha value is -3.33. The summed E-state index contributed by atoms with van der Waals surface area (Å²) in [6.45, 7) is 2.08. The van der Waals surface area contributed by atoms with Crippen LogP contribution in [-0.4, -0.2) is 23.5 Å². The van der Waals surface area contributed by atoms with E-state index in [9.17, 15) is 22.8 Å². The van der Waals surface area contributed by atoms with Crippen LogP contribution in [0.2, 0.25) is 0 Å². The number of rotatable bonds is 10. The first-order valence-corrected chi connectivity index (χ1v) is 11.5. The van der Waals surface area contributed by atoms with E-state index in [4.69, 9.17) is 9.84 Å². The van der Waals surface area contributed by atoms with Crippen LogP contribution in [0.25, 0.3) is 11.1 Å². The third-order valence-corrected chi connectivity index (χ3v) is 6.20. The summed E-state index contributed by atoms with van der Waals surface area (Å²) in [7, 11) is 0. The van der Waals surface area contributed by atoms with E-state index in [1.165, 1.54) is 23.5 Å². The van der Waals surface area contributed by atoms with Gasteiger partial charge in [-0.2, -0.15) is 13.2 Å². The van der Waals surface area contributed by atoms with Crippen LogP contribution in [0.1, 0.15) is 52.4 Å². The van der Waals surface area contributed by atoms with Crippen molar-refractivity contribution in [2.24, 2.45) is 0 Å². The highest BCUT2D eigenvalue weighted by atomic mass is 32.1. The number of ether oxygens (including phenoxy) is 1. The Balaban J connectivity index is 1.67. The molecule has 180 valence electrons. The second-order valence-electron chi connectivity index (χ2n) is 7.60. The van der Waals surface area contributed by atoms with Crippen molar-refractivity contribution in [3.8, 4) is 16.9 Å². The van der Waals surface area contributed by atoms with Gasteiger partial charge in [0.2, 0.25) is 0 Å². The third kappa shape index (κ3) is 6.84. The number of carbonyl (C=O) groups excluding carboxylic acids is 1. The number of thiophene rings is 1. The zero-order chi connectivity index (χ0) is 24.7. The maximum Gasteiger partial charge on any atom is 0.416 e. The lowest BCUT2D eigenvalue weighted by molar-refractivity contribution is -0.138. The molecule has 3 aromatic rings. The molecule has 3 rings (SSSR count). The van der Waals surface area contributed by atoms with Crippen molar-refractivity contribution in [2.75, 3.05) is 6.54 Å². The van der Waals surface area contributed by atoms with E-state index in [1.807, 2.05) is 13.0 Å². The molecule has 0 fully saturated rings. The molecule has 0 saturated heterocycles. The molecule has 0 aliphatic heterocycles. The Bertz CT molecular complexity index is 1110. The van der Waals surface area contributed by atoms with Crippen molar-refractivity contribution < 1.29 is 32.6 Å². The fourth-order valence-corrected chi connectivity index (χ4v) is 4.27. The average Bonchev–Trinajstić information content (AvgIpc) is 3.29. The lowest BCUT2D eigenvalue weighted by atomic mass is 10.0. The second kappa shape index (κ2) is 11.2. The summed E-state index contributed by atoms with van der Waals surface area (Å²) in [5.74, 6) is -0.698. The number of hydrogen-bond acceptors (Lipinski definition) is 4. The summed E-state index contributed by atoms with van der Waals surface area (Å²) < 4.78 is 44.5. The van der Waals surface area contributed by atoms with Crippen LogP contribution in [0.4, 0.5) is 13.2 Å². The number of hydrogen-bond donors (Lipinski definition) is 2. The van der Waals surface area contributed by atoms with Gasteiger partial charge in [-0.15, -0.1) is 11.3 Å². The van der Waals surface area contributed by atoms with Gasteiger partial charge in [-0.25, -0.2) is 0 Å². The highest BCUT2D eigenvalue weighted by molar-refractivity contribution is 7.14. The molecule has 1 heterocycles. The van der Waals surface area contributed by atoms with E-state index in [0.29, 0.717) is 16.2 Å². The van der Waals surface area contributed by atoms with E-state index >= 15 is 0 Å². The quantitative estimate of drug-likeness (QED) is 0.337. The Labute approximate surface area is 199 Å². The van der Waals surface area contributed by atoms with Crippen molar-refractivity contribution in [1.29, 1.82) is 0 Å². The van der Waals surface area contributed by atoms with Gasteiger partial charge in [-0.3, -0.25) is 9.59 Å². The largest absolute Gasteiger partial charge is 0.485 e. The molecule has 2 N–H and O–H groups in total. The molecular formula is C25H24F3NO4S. The van der Waals surface area contributed by atoms with Gasteiger partial charge in [0.1, 0.15) is 11.9 Å². The van der Waals surface area contributed by atoms with Gasteiger partial charge in [-0.05, 0) is 53.9 Å². The molecular weight excluding hydrogens is 467 g/mol. The van der Waals surface area contributed by atoms with Crippen LogP contribution in [0, 0.1) is 0 Å². The molecule has 1 atom stereocenters. The molecule has 0 radical (unpaired) electrons. The van der Waals surface area contributed by atoms with E-state index < -0.39 is 17.7 Å². The smallest absolute Gasteiger partial charge is 0.416 e. The molecule has 0 aliphatic carbocycles. The molecule has 1 amide bonds. The Morgan fingerprint density at radius 1 is 1.00 bits per heavy atom. The van der Waals surface area contributed by atoms with Crippen molar-refractivity contribution in [3.05, 3.63) is 76.0 Å². The van der Waals surface area contributed by atoms with Crippen LogP contribution in [0.3, 0.4) is 0 Å². The number of halogens is 3. The van der Waals surface area contributed by atoms with E-state index in [1.54, 1.807) is 30.3 Å². The predicted molar refractivity (Wildman–Crippen MR) is 124 cm³/mol. The first-order valence-electron chi connectivity index (χ1n) is 10.7. The van der Waals surface area contributed by atoms with Gasteiger partial charge in [0, 0.05) is 11.4 Å². The van der Waals surface area contributed by atoms with E-state index in [0.717, 1.165) is 35.4 Å². The van der Waals surface area contributed by atoms with E-state index in [2.05, 4.69) is 5.32 Å². The number of benzene rings is 2. The summed E-state index contributed by atoms with van der Waals surface area (Å²) in [6, 6.07) is 15.6. The van der Waals surface area contributed by atoms with Gasteiger partial charge < -0.3 is 15.2 Å². The summed E-state index contributed by atoms with van der Waals surface area (Å²) in [5.41, 5.74) is 0.746. The normalized spacial score (nSPS) is 12.2. The Morgan fingerprint density at radius 2 is 1.62 bits per heavy atom. The summed E-state index contributed by atoms with van der Waals surface area (Å²) in [5, 5.41) is 11.3. The lowest BCUT2D eigenvalue weighted by Gasteiger charge is -2.18. The number of carboxylic acids is 1. The molecule has 1 aromatic heterocycles. The van der Waals surface area contributed by atoms with Gasteiger partial charge in [0.05, 0.1) is 16.9 Å². The number of amides is 1. The highest BCUT2D eigenvalue weighted by Crippen LogP contribution is 2.33. The number of alkyl halides is 3. The SMILES string of the molecule is CCCC(Oc1ccc(-c2ccc(C(F)(F)F)cc2)cc1)c1ccc(C(=O)NCCC(=O)O)s1. The third-order valence-electron chi connectivity index (χ3n) is 5.02. The maximum atomic E-state index is 12.8. The van der Waals surface area contributed by atoms with Crippen molar-refractivity contribution >= 4 is 23.2 Å². The lowest BCUT2D eigenvalue weighted by Crippen LogP contribution is -2.25. The minimum atomic E-state index is -4.37. The number of aliphatic carboxylic acids is 1. The van der Waals surface area contributed by atoms with Gasteiger partial charge in [-0.1, -0.05) is 37.6 Å². The van der Waals surface area contributed by atoms with Crippen molar-refractivity contribution in [2.45, 2.75) is 38.5 Å². The molecule has 0 bridgehead atoms. The van der Waals surface area contributed by atoms with Crippen LogP contribution in [-0.2, 0) is 11.0 Å². The van der Waals surface area contributed by atoms with Gasteiger partial charge in [0.25, 0.3) is 5.91 Å². The summed E-state index contributed by atoms with van der Waals surface area (Å²) in [6.07, 6.45) is -3.21. The fourth-order valence-electron chi connectivity index (χ4n) is 3.28. The summed E-state index contributed by atoms with van der Waals surface area (Å²) in [4.78, 5) is 24.2. The van der Waals surface area contributed by atoms with Crippen LogP contribution in [0.15, 0.2) is 60.7 Å². The monoisotopic (exact) mass is 491 g/mol. The number of nitrogens with one attached hydrogen (secondary N) is 1. The number of carbonyl (C=O) groups is 2.